The lowest BCUT2D eigenvalue weighted by Crippen LogP contribution is -2.01. The average Bonchev–Trinajstić information content (AvgIpc) is 2.38. The molecule has 1 aromatic carbocycles. The normalized spacial score (nSPS) is 10.1. The number of aryl methyl sites for hydroxylation is 1. The van der Waals surface area contributed by atoms with Crippen LogP contribution < -0.4 is 4.74 Å². The molecular formula is C14H13NO3. The van der Waals surface area contributed by atoms with E-state index in [2.05, 4.69) is 4.98 Å². The Morgan fingerprint density at radius 3 is 2.83 bits per heavy atom. The number of ether oxygens (including phenoxy) is 1. The molecule has 4 heteroatoms. The third kappa shape index (κ3) is 2.85. The molecule has 4 nitrogen and oxygen atoms in total. The molecule has 0 bridgehead atoms. The Morgan fingerprint density at radius 2 is 2.17 bits per heavy atom. The Hall–Kier alpha value is -2.36. The molecule has 0 fully saturated rings. The molecule has 0 saturated carbocycles. The summed E-state index contributed by atoms with van der Waals surface area (Å²) in [5.41, 5.74) is 1.92. The smallest absolute Gasteiger partial charge is 0.335 e. The Bertz CT molecular complexity index is 552. The predicted octanol–water partition coefficient (Wildman–Crippen LogP) is 2.67. The molecule has 0 atom stereocenters. The van der Waals surface area contributed by atoms with Gasteiger partial charge in [0.25, 0.3) is 0 Å². The number of carboxylic acids is 1. The Morgan fingerprint density at radius 1 is 1.33 bits per heavy atom. The van der Waals surface area contributed by atoms with Gasteiger partial charge in [-0.1, -0.05) is 12.1 Å². The number of nitrogens with zero attached hydrogens (tertiary/aromatic N) is 1. The number of aromatic carboxylic acids is 1. The number of rotatable bonds is 4. The van der Waals surface area contributed by atoms with Crippen LogP contribution in [0.1, 0.15) is 21.6 Å². The van der Waals surface area contributed by atoms with E-state index in [9.17, 15) is 4.79 Å². The first-order valence-electron chi connectivity index (χ1n) is 5.53. The lowest BCUT2D eigenvalue weighted by molar-refractivity contribution is 0.0696. The van der Waals surface area contributed by atoms with Gasteiger partial charge in [0.05, 0.1) is 11.3 Å². The first-order chi connectivity index (χ1) is 8.66. The third-order valence-corrected chi connectivity index (χ3v) is 2.54. The standard InChI is InChI=1S/C14H13NO3/c1-10-5-6-11(14(16)17)8-13(10)18-9-12-4-2-3-7-15-12/h2-8H,9H2,1H3,(H,16,17). The van der Waals surface area contributed by atoms with Gasteiger partial charge in [-0.05, 0) is 36.8 Å². The molecule has 0 radical (unpaired) electrons. The zero-order chi connectivity index (χ0) is 13.0. The Kier molecular flexibility index (Phi) is 3.57. The van der Waals surface area contributed by atoms with Gasteiger partial charge in [0.2, 0.25) is 0 Å². The summed E-state index contributed by atoms with van der Waals surface area (Å²) in [4.78, 5) is 15.0. The Labute approximate surface area is 105 Å². The number of carbonyl (C=O) groups is 1. The van der Waals surface area contributed by atoms with Crippen LogP contribution in [-0.2, 0) is 6.61 Å². The van der Waals surface area contributed by atoms with Gasteiger partial charge in [-0.25, -0.2) is 4.79 Å². The number of hydrogen-bond acceptors (Lipinski definition) is 3. The van der Waals surface area contributed by atoms with E-state index < -0.39 is 5.97 Å². The van der Waals surface area contributed by atoms with Gasteiger partial charge < -0.3 is 9.84 Å². The van der Waals surface area contributed by atoms with E-state index in [0.717, 1.165) is 11.3 Å². The lowest BCUT2D eigenvalue weighted by Gasteiger charge is -2.09. The van der Waals surface area contributed by atoms with Crippen molar-refractivity contribution < 1.29 is 14.6 Å². The zero-order valence-corrected chi connectivity index (χ0v) is 9.96. The molecule has 18 heavy (non-hydrogen) atoms. The van der Waals surface area contributed by atoms with Crippen LogP contribution in [0.5, 0.6) is 5.75 Å². The SMILES string of the molecule is Cc1ccc(C(=O)O)cc1OCc1ccccn1. The van der Waals surface area contributed by atoms with Crippen LogP contribution in [0.2, 0.25) is 0 Å². The van der Waals surface area contributed by atoms with E-state index in [4.69, 9.17) is 9.84 Å². The van der Waals surface area contributed by atoms with Crippen LogP contribution in [0.25, 0.3) is 0 Å². The summed E-state index contributed by atoms with van der Waals surface area (Å²) >= 11 is 0. The molecule has 92 valence electrons. The highest BCUT2D eigenvalue weighted by Gasteiger charge is 2.07. The van der Waals surface area contributed by atoms with E-state index in [0.29, 0.717) is 12.4 Å². The van der Waals surface area contributed by atoms with Crippen molar-refractivity contribution in [3.63, 3.8) is 0 Å². The van der Waals surface area contributed by atoms with Crippen molar-refractivity contribution in [2.75, 3.05) is 0 Å². The van der Waals surface area contributed by atoms with Crippen molar-refractivity contribution in [3.05, 3.63) is 59.4 Å². The number of benzene rings is 1. The zero-order valence-electron chi connectivity index (χ0n) is 9.96. The minimum Gasteiger partial charge on any atom is -0.487 e. The largest absolute Gasteiger partial charge is 0.487 e. The van der Waals surface area contributed by atoms with E-state index in [1.54, 1.807) is 18.3 Å². The van der Waals surface area contributed by atoms with Crippen molar-refractivity contribution in [1.82, 2.24) is 4.98 Å². The molecule has 0 aliphatic rings. The topological polar surface area (TPSA) is 59.4 Å². The maximum absolute atomic E-state index is 10.9. The minimum atomic E-state index is -0.960. The molecule has 0 unspecified atom stereocenters. The van der Waals surface area contributed by atoms with Crippen molar-refractivity contribution in [3.8, 4) is 5.75 Å². The highest BCUT2D eigenvalue weighted by Crippen LogP contribution is 2.20. The van der Waals surface area contributed by atoms with Crippen molar-refractivity contribution in [2.45, 2.75) is 13.5 Å². The van der Waals surface area contributed by atoms with Crippen molar-refractivity contribution >= 4 is 5.97 Å². The van der Waals surface area contributed by atoms with Crippen LogP contribution in [-0.4, -0.2) is 16.1 Å². The maximum atomic E-state index is 10.9. The number of hydrogen-bond donors (Lipinski definition) is 1. The van der Waals surface area contributed by atoms with Gasteiger partial charge in [-0.3, -0.25) is 4.98 Å². The predicted molar refractivity (Wildman–Crippen MR) is 66.7 cm³/mol. The monoisotopic (exact) mass is 243 g/mol. The third-order valence-electron chi connectivity index (χ3n) is 2.54. The van der Waals surface area contributed by atoms with Crippen LogP contribution in [0.3, 0.4) is 0 Å². The Balaban J connectivity index is 2.14. The number of carboxylic acid groups (broad SMARTS) is 1. The molecular weight excluding hydrogens is 230 g/mol. The molecule has 2 aromatic rings. The highest BCUT2D eigenvalue weighted by molar-refractivity contribution is 5.88. The van der Waals surface area contributed by atoms with Crippen molar-refractivity contribution in [2.24, 2.45) is 0 Å². The fourth-order valence-corrected chi connectivity index (χ4v) is 1.52. The maximum Gasteiger partial charge on any atom is 0.335 e. The van der Waals surface area contributed by atoms with Crippen LogP contribution in [0, 0.1) is 6.92 Å². The van der Waals surface area contributed by atoms with Crippen LogP contribution in [0.15, 0.2) is 42.6 Å². The van der Waals surface area contributed by atoms with Gasteiger partial charge in [0, 0.05) is 6.20 Å². The molecule has 0 spiro atoms. The molecule has 1 aromatic heterocycles. The molecule has 0 aliphatic heterocycles. The molecule has 0 aliphatic carbocycles. The van der Waals surface area contributed by atoms with Gasteiger partial charge in [0.1, 0.15) is 12.4 Å². The first-order valence-corrected chi connectivity index (χ1v) is 5.53. The summed E-state index contributed by atoms with van der Waals surface area (Å²) in [5.74, 6) is -0.391. The summed E-state index contributed by atoms with van der Waals surface area (Å²) in [5, 5.41) is 8.92. The highest BCUT2D eigenvalue weighted by atomic mass is 16.5. The fraction of sp³-hybridized carbons (Fsp3) is 0.143. The quantitative estimate of drug-likeness (QED) is 0.896. The summed E-state index contributed by atoms with van der Waals surface area (Å²) in [7, 11) is 0. The van der Waals surface area contributed by atoms with Gasteiger partial charge in [-0.2, -0.15) is 0 Å². The van der Waals surface area contributed by atoms with E-state index >= 15 is 0 Å². The van der Waals surface area contributed by atoms with Crippen molar-refractivity contribution in [1.29, 1.82) is 0 Å². The molecule has 2 rings (SSSR count). The number of aromatic nitrogens is 1. The minimum absolute atomic E-state index is 0.219. The van der Waals surface area contributed by atoms with E-state index in [-0.39, 0.29) is 5.56 Å². The van der Waals surface area contributed by atoms with Gasteiger partial charge >= 0.3 is 5.97 Å². The molecule has 1 heterocycles. The summed E-state index contributed by atoms with van der Waals surface area (Å²) in [6, 6.07) is 10.4. The summed E-state index contributed by atoms with van der Waals surface area (Å²) in [6.07, 6.45) is 1.69. The van der Waals surface area contributed by atoms with E-state index in [1.165, 1.54) is 6.07 Å². The second kappa shape index (κ2) is 5.31. The molecule has 1 N–H and O–H groups in total. The second-order valence-electron chi connectivity index (χ2n) is 3.90. The van der Waals surface area contributed by atoms with Gasteiger partial charge in [0.15, 0.2) is 0 Å². The van der Waals surface area contributed by atoms with Crippen LogP contribution >= 0.6 is 0 Å². The molecule has 0 amide bonds. The van der Waals surface area contributed by atoms with Gasteiger partial charge in [-0.15, -0.1) is 0 Å². The summed E-state index contributed by atoms with van der Waals surface area (Å²) < 4.78 is 5.59. The average molecular weight is 243 g/mol. The molecule has 0 saturated heterocycles. The summed E-state index contributed by atoms with van der Waals surface area (Å²) in [6.45, 7) is 2.20. The number of pyridine rings is 1. The second-order valence-corrected chi connectivity index (χ2v) is 3.90. The lowest BCUT2D eigenvalue weighted by atomic mass is 10.1. The fourth-order valence-electron chi connectivity index (χ4n) is 1.52. The van der Waals surface area contributed by atoms with E-state index in [1.807, 2.05) is 25.1 Å². The van der Waals surface area contributed by atoms with Crippen LogP contribution in [0.4, 0.5) is 0 Å². The first kappa shape index (κ1) is 12.1.